The van der Waals surface area contributed by atoms with Crippen molar-refractivity contribution in [1.29, 1.82) is 0 Å². The van der Waals surface area contributed by atoms with E-state index in [4.69, 9.17) is 0 Å². The first-order valence-corrected chi connectivity index (χ1v) is 7.82. The van der Waals surface area contributed by atoms with E-state index >= 15 is 0 Å². The van der Waals surface area contributed by atoms with Crippen LogP contribution in [-0.2, 0) is 0 Å². The van der Waals surface area contributed by atoms with Gasteiger partial charge in [-0.15, -0.1) is 0 Å². The zero-order chi connectivity index (χ0) is 14.0. The lowest BCUT2D eigenvalue weighted by Gasteiger charge is -2.32. The third-order valence-corrected chi connectivity index (χ3v) is 5.00. The molecule has 0 bridgehead atoms. The predicted molar refractivity (Wildman–Crippen MR) is 82.3 cm³/mol. The second-order valence-electron chi connectivity index (χ2n) is 6.02. The summed E-state index contributed by atoms with van der Waals surface area (Å²) in [6.45, 7) is 6.56. The van der Waals surface area contributed by atoms with Crippen LogP contribution in [0, 0.1) is 18.8 Å². The zero-order valence-electron chi connectivity index (χ0n) is 11.9. The fraction of sp³-hybridized carbons (Fsp3) is 0.562. The maximum atomic E-state index is 12.4. The highest BCUT2D eigenvalue weighted by Gasteiger charge is 2.25. The van der Waals surface area contributed by atoms with E-state index in [-0.39, 0.29) is 5.91 Å². The van der Waals surface area contributed by atoms with Gasteiger partial charge in [0.25, 0.3) is 5.91 Å². The van der Waals surface area contributed by atoms with Crippen LogP contribution in [0.5, 0.6) is 0 Å². The highest BCUT2D eigenvalue weighted by atomic mass is 79.9. The van der Waals surface area contributed by atoms with E-state index in [1.807, 2.05) is 25.1 Å². The van der Waals surface area contributed by atoms with Crippen molar-refractivity contribution in [2.45, 2.75) is 46.1 Å². The quantitative estimate of drug-likeness (QED) is 0.863. The molecule has 1 aliphatic carbocycles. The van der Waals surface area contributed by atoms with Crippen LogP contribution in [0.3, 0.4) is 0 Å². The summed E-state index contributed by atoms with van der Waals surface area (Å²) < 4.78 is 0.907. The molecule has 0 saturated heterocycles. The number of rotatable bonds is 2. The number of carbonyl (C=O) groups is 1. The van der Waals surface area contributed by atoms with E-state index in [2.05, 4.69) is 35.1 Å². The minimum atomic E-state index is 0.0434. The lowest BCUT2D eigenvalue weighted by atomic mass is 9.80. The summed E-state index contributed by atoms with van der Waals surface area (Å²) in [5, 5.41) is 3.20. The lowest BCUT2D eigenvalue weighted by molar-refractivity contribution is 0.0910. The maximum absolute atomic E-state index is 12.4. The minimum absolute atomic E-state index is 0.0434. The Balaban J connectivity index is 2.06. The average Bonchev–Trinajstić information content (AvgIpc) is 2.31. The van der Waals surface area contributed by atoms with Gasteiger partial charge in [-0.3, -0.25) is 4.79 Å². The lowest BCUT2D eigenvalue weighted by Crippen LogP contribution is -2.40. The van der Waals surface area contributed by atoms with Gasteiger partial charge in [0, 0.05) is 10.5 Å². The Morgan fingerprint density at radius 2 is 1.84 bits per heavy atom. The molecule has 1 fully saturated rings. The highest BCUT2D eigenvalue weighted by molar-refractivity contribution is 9.10. The molecule has 1 amide bonds. The van der Waals surface area contributed by atoms with Crippen LogP contribution in [0.2, 0.25) is 0 Å². The van der Waals surface area contributed by atoms with Crippen LogP contribution >= 0.6 is 15.9 Å². The summed E-state index contributed by atoms with van der Waals surface area (Å²) in [4.78, 5) is 12.4. The van der Waals surface area contributed by atoms with Crippen LogP contribution in [0.15, 0.2) is 22.7 Å². The van der Waals surface area contributed by atoms with E-state index in [0.717, 1.165) is 28.4 Å². The molecule has 2 unspecified atom stereocenters. The monoisotopic (exact) mass is 323 g/mol. The third-order valence-electron chi connectivity index (χ3n) is 3.95. The molecule has 1 aliphatic rings. The Labute approximate surface area is 124 Å². The molecule has 2 rings (SSSR count). The van der Waals surface area contributed by atoms with Gasteiger partial charge in [-0.1, -0.05) is 26.0 Å². The molecule has 0 heterocycles. The van der Waals surface area contributed by atoms with Gasteiger partial charge >= 0.3 is 0 Å². The normalized spacial score (nSPS) is 27.1. The molecule has 19 heavy (non-hydrogen) atoms. The summed E-state index contributed by atoms with van der Waals surface area (Å²) in [6.07, 6.45) is 3.47. The topological polar surface area (TPSA) is 29.1 Å². The number of nitrogens with one attached hydrogen (secondary N) is 1. The van der Waals surface area contributed by atoms with Gasteiger partial charge in [0.2, 0.25) is 0 Å². The number of halogens is 1. The highest BCUT2D eigenvalue weighted by Crippen LogP contribution is 2.29. The van der Waals surface area contributed by atoms with Crippen molar-refractivity contribution in [2.24, 2.45) is 11.8 Å². The predicted octanol–water partition coefficient (Wildman–Crippen LogP) is 4.31. The summed E-state index contributed by atoms with van der Waals surface area (Å²) in [6, 6.07) is 6.13. The molecule has 0 aromatic heterocycles. The maximum Gasteiger partial charge on any atom is 0.252 e. The Bertz CT molecular complexity index is 462. The third kappa shape index (κ3) is 3.59. The second kappa shape index (κ2) is 6.08. The smallest absolute Gasteiger partial charge is 0.252 e. The molecule has 2 atom stereocenters. The number of aryl methyl sites for hydroxylation is 1. The van der Waals surface area contributed by atoms with E-state index in [1.54, 1.807) is 0 Å². The molecule has 3 heteroatoms. The Morgan fingerprint density at radius 1 is 1.21 bits per heavy atom. The standard InChI is InChI=1S/C16H22BrNO/c1-10-7-11(2)9-13(8-10)18-16(19)14-6-4-5-12(3)15(14)17/h4-6,10-11,13H,7-9H2,1-3H3,(H,18,19). The van der Waals surface area contributed by atoms with E-state index in [9.17, 15) is 4.79 Å². The molecule has 1 N–H and O–H groups in total. The molecule has 104 valence electrons. The van der Waals surface area contributed by atoms with E-state index in [1.165, 1.54) is 6.42 Å². The van der Waals surface area contributed by atoms with Crippen molar-refractivity contribution >= 4 is 21.8 Å². The van der Waals surface area contributed by atoms with Crippen LogP contribution in [0.1, 0.15) is 49.0 Å². The SMILES string of the molecule is Cc1cccc(C(=O)NC2CC(C)CC(C)C2)c1Br. The van der Waals surface area contributed by atoms with Gasteiger partial charge in [-0.25, -0.2) is 0 Å². The molecule has 1 aromatic carbocycles. The van der Waals surface area contributed by atoms with Crippen LogP contribution in [0.4, 0.5) is 0 Å². The van der Waals surface area contributed by atoms with Crippen LogP contribution < -0.4 is 5.32 Å². The molecular formula is C16H22BrNO. The van der Waals surface area contributed by atoms with E-state index < -0.39 is 0 Å². The fourth-order valence-corrected chi connectivity index (χ4v) is 3.60. The minimum Gasteiger partial charge on any atom is -0.349 e. The van der Waals surface area contributed by atoms with Crippen molar-refractivity contribution in [2.75, 3.05) is 0 Å². The van der Waals surface area contributed by atoms with Crippen molar-refractivity contribution < 1.29 is 4.79 Å². The summed E-state index contributed by atoms with van der Waals surface area (Å²) in [5.74, 6) is 1.45. The summed E-state index contributed by atoms with van der Waals surface area (Å²) in [5.41, 5.74) is 1.84. The van der Waals surface area contributed by atoms with Crippen molar-refractivity contribution in [1.82, 2.24) is 5.32 Å². The van der Waals surface area contributed by atoms with Gasteiger partial charge in [-0.2, -0.15) is 0 Å². The van der Waals surface area contributed by atoms with Gasteiger partial charge in [-0.05, 0) is 65.6 Å². The Kier molecular flexibility index (Phi) is 4.67. The molecule has 1 aromatic rings. The van der Waals surface area contributed by atoms with Crippen LogP contribution in [0.25, 0.3) is 0 Å². The Hall–Kier alpha value is -0.830. The fourth-order valence-electron chi connectivity index (χ4n) is 3.15. The zero-order valence-corrected chi connectivity index (χ0v) is 13.5. The number of benzene rings is 1. The van der Waals surface area contributed by atoms with Crippen molar-refractivity contribution in [3.05, 3.63) is 33.8 Å². The summed E-state index contributed by atoms with van der Waals surface area (Å²) >= 11 is 3.51. The van der Waals surface area contributed by atoms with Gasteiger partial charge in [0.15, 0.2) is 0 Å². The number of hydrogen-bond acceptors (Lipinski definition) is 1. The number of amides is 1. The number of hydrogen-bond donors (Lipinski definition) is 1. The molecule has 0 radical (unpaired) electrons. The van der Waals surface area contributed by atoms with E-state index in [0.29, 0.717) is 17.9 Å². The van der Waals surface area contributed by atoms with Gasteiger partial charge < -0.3 is 5.32 Å². The van der Waals surface area contributed by atoms with Crippen molar-refractivity contribution in [3.8, 4) is 0 Å². The Morgan fingerprint density at radius 3 is 2.47 bits per heavy atom. The second-order valence-corrected chi connectivity index (χ2v) is 6.82. The van der Waals surface area contributed by atoms with Crippen LogP contribution in [-0.4, -0.2) is 11.9 Å². The van der Waals surface area contributed by atoms with Crippen molar-refractivity contribution in [3.63, 3.8) is 0 Å². The molecule has 1 saturated carbocycles. The molecule has 0 aliphatic heterocycles. The van der Waals surface area contributed by atoms with Gasteiger partial charge in [0.1, 0.15) is 0 Å². The number of carbonyl (C=O) groups excluding carboxylic acids is 1. The largest absolute Gasteiger partial charge is 0.349 e. The molecular weight excluding hydrogens is 302 g/mol. The molecule has 0 spiro atoms. The average molecular weight is 324 g/mol. The molecule has 2 nitrogen and oxygen atoms in total. The summed E-state index contributed by atoms with van der Waals surface area (Å²) in [7, 11) is 0. The first-order valence-electron chi connectivity index (χ1n) is 7.03. The first-order chi connectivity index (χ1) is 8.97. The van der Waals surface area contributed by atoms with Gasteiger partial charge in [0.05, 0.1) is 5.56 Å². The first kappa shape index (κ1) is 14.6.